The molecule has 0 atom stereocenters. The van der Waals surface area contributed by atoms with Crippen LogP contribution in [-0.4, -0.2) is 0 Å². The molecule has 1 rings (SSSR count). The molecule has 0 saturated heterocycles. The van der Waals surface area contributed by atoms with E-state index in [-0.39, 0.29) is 0 Å². The van der Waals surface area contributed by atoms with Crippen LogP contribution < -0.4 is 0 Å². The summed E-state index contributed by atoms with van der Waals surface area (Å²) in [4.78, 5) is 0. The van der Waals surface area contributed by atoms with E-state index in [1.165, 1.54) is 109 Å². The minimum atomic E-state index is 1.06. The van der Waals surface area contributed by atoms with Gasteiger partial charge in [0.15, 0.2) is 0 Å². The van der Waals surface area contributed by atoms with Gasteiger partial charge in [-0.3, -0.25) is 0 Å². The Kier molecular flexibility index (Phi) is 11.7. The van der Waals surface area contributed by atoms with E-state index in [0.717, 1.165) is 5.92 Å². The van der Waals surface area contributed by atoms with Gasteiger partial charge in [0.1, 0.15) is 0 Å². The van der Waals surface area contributed by atoms with Crippen molar-refractivity contribution in [2.45, 2.75) is 116 Å². The lowest BCUT2D eigenvalue weighted by Crippen LogP contribution is -2.01. The molecule has 0 heteroatoms. The van der Waals surface area contributed by atoms with Gasteiger partial charge in [-0.05, 0) is 5.92 Å². The van der Waals surface area contributed by atoms with Gasteiger partial charge in [-0.1, -0.05) is 116 Å². The third-order valence-corrected chi connectivity index (χ3v) is 4.94. The zero-order valence-electron chi connectivity index (χ0n) is 13.6. The third kappa shape index (κ3) is 10.4. The molecule has 0 N–H and O–H groups in total. The molecule has 0 aromatic carbocycles. The van der Waals surface area contributed by atoms with Gasteiger partial charge >= 0.3 is 0 Å². The van der Waals surface area contributed by atoms with Gasteiger partial charge in [-0.25, -0.2) is 0 Å². The molecule has 0 bridgehead atoms. The fourth-order valence-electron chi connectivity index (χ4n) is 3.57. The first-order valence-corrected chi connectivity index (χ1v) is 9.43. The number of unbranched alkanes of at least 4 members (excludes halogenated alkanes) is 2. The summed E-state index contributed by atoms with van der Waals surface area (Å²) in [5.74, 6) is 1.06. The van der Waals surface area contributed by atoms with Crippen molar-refractivity contribution in [3.63, 3.8) is 0 Å². The molecule has 0 aliphatic heterocycles. The first kappa shape index (κ1) is 17.1. The Morgan fingerprint density at radius 1 is 0.579 bits per heavy atom. The zero-order chi connectivity index (χ0) is 13.6. The molecule has 0 aromatic heterocycles. The summed E-state index contributed by atoms with van der Waals surface area (Å²) >= 11 is 0. The van der Waals surface area contributed by atoms with Gasteiger partial charge in [-0.2, -0.15) is 0 Å². The van der Waals surface area contributed by atoms with Crippen LogP contribution in [0.15, 0.2) is 0 Å². The highest BCUT2D eigenvalue weighted by Crippen LogP contribution is 2.24. The van der Waals surface area contributed by atoms with Crippen molar-refractivity contribution >= 4 is 0 Å². The van der Waals surface area contributed by atoms with Gasteiger partial charge in [-0.15, -0.1) is 0 Å². The molecule has 0 aromatic rings. The summed E-state index contributed by atoms with van der Waals surface area (Å²) in [5, 5.41) is 0. The van der Waals surface area contributed by atoms with Gasteiger partial charge in [0.25, 0.3) is 0 Å². The van der Waals surface area contributed by atoms with Gasteiger partial charge in [0, 0.05) is 0 Å². The Labute approximate surface area is 122 Å². The largest absolute Gasteiger partial charge is 0.0654 e. The van der Waals surface area contributed by atoms with E-state index >= 15 is 0 Å². The predicted octanol–water partition coefficient (Wildman–Crippen LogP) is 7.27. The minimum absolute atomic E-state index is 1.06. The predicted molar refractivity (Wildman–Crippen MR) is 87.7 cm³/mol. The molecular formula is C19H38. The molecule has 1 aliphatic rings. The molecule has 1 fully saturated rings. The van der Waals surface area contributed by atoms with E-state index in [1.54, 1.807) is 0 Å². The molecular weight excluding hydrogens is 228 g/mol. The normalized spacial score (nSPS) is 21.9. The second-order valence-electron chi connectivity index (χ2n) is 6.83. The van der Waals surface area contributed by atoms with E-state index < -0.39 is 0 Å². The molecule has 114 valence electrons. The Balaban J connectivity index is 2.19. The van der Waals surface area contributed by atoms with Crippen molar-refractivity contribution in [1.29, 1.82) is 0 Å². The average Bonchev–Trinajstić information content (AvgIpc) is 2.43. The van der Waals surface area contributed by atoms with Crippen LogP contribution in [0.4, 0.5) is 0 Å². The smallest absolute Gasteiger partial charge is 0.0414 e. The molecule has 0 spiro atoms. The number of hydrogen-bond acceptors (Lipinski definition) is 0. The lowest BCUT2D eigenvalue weighted by Gasteiger charge is -2.17. The van der Waals surface area contributed by atoms with Crippen LogP contribution in [0, 0.1) is 5.92 Å². The lowest BCUT2D eigenvalue weighted by atomic mass is 9.89. The zero-order valence-corrected chi connectivity index (χ0v) is 13.6. The second-order valence-corrected chi connectivity index (χ2v) is 6.83. The Bertz CT molecular complexity index is 159. The fourth-order valence-corrected chi connectivity index (χ4v) is 3.57. The summed E-state index contributed by atoms with van der Waals surface area (Å²) in [6.45, 7) is 2.33. The topological polar surface area (TPSA) is 0 Å². The molecule has 0 unspecified atom stereocenters. The van der Waals surface area contributed by atoms with Crippen LogP contribution >= 0.6 is 0 Å². The van der Waals surface area contributed by atoms with Crippen LogP contribution in [0.1, 0.15) is 116 Å². The molecule has 1 saturated carbocycles. The second kappa shape index (κ2) is 13.0. The van der Waals surface area contributed by atoms with Crippen molar-refractivity contribution in [2.24, 2.45) is 5.92 Å². The number of rotatable bonds is 4. The highest BCUT2D eigenvalue weighted by Gasteiger charge is 2.08. The maximum Gasteiger partial charge on any atom is -0.0414 e. The lowest BCUT2D eigenvalue weighted by molar-refractivity contribution is 0.365. The highest BCUT2D eigenvalue weighted by molar-refractivity contribution is 4.62. The standard InChI is InChI=1S/C19H38/c1-2-3-13-16-19-17-14-11-9-7-5-4-6-8-10-12-15-18-19/h19H,2-18H2,1H3. The molecule has 0 radical (unpaired) electrons. The van der Waals surface area contributed by atoms with Gasteiger partial charge in [0.05, 0.1) is 0 Å². The van der Waals surface area contributed by atoms with Crippen molar-refractivity contribution in [1.82, 2.24) is 0 Å². The molecule has 0 amide bonds. The van der Waals surface area contributed by atoms with E-state index in [1.807, 2.05) is 0 Å². The summed E-state index contributed by atoms with van der Waals surface area (Å²) in [6, 6.07) is 0. The highest BCUT2D eigenvalue weighted by atomic mass is 14.1. The van der Waals surface area contributed by atoms with Crippen molar-refractivity contribution < 1.29 is 0 Å². The van der Waals surface area contributed by atoms with E-state index in [4.69, 9.17) is 0 Å². The first-order valence-electron chi connectivity index (χ1n) is 9.43. The van der Waals surface area contributed by atoms with E-state index in [2.05, 4.69) is 6.92 Å². The molecule has 0 heterocycles. The summed E-state index contributed by atoms with van der Waals surface area (Å²) < 4.78 is 0. The molecule has 19 heavy (non-hydrogen) atoms. The SMILES string of the molecule is CCCCCC1CCCCCCCCCCCCC1. The average molecular weight is 267 g/mol. The van der Waals surface area contributed by atoms with Gasteiger partial charge < -0.3 is 0 Å². The maximum absolute atomic E-state index is 2.33. The van der Waals surface area contributed by atoms with E-state index in [9.17, 15) is 0 Å². The van der Waals surface area contributed by atoms with Gasteiger partial charge in [0.2, 0.25) is 0 Å². The Morgan fingerprint density at radius 3 is 1.42 bits per heavy atom. The van der Waals surface area contributed by atoms with Crippen LogP contribution in [0.2, 0.25) is 0 Å². The van der Waals surface area contributed by atoms with Crippen LogP contribution in [0.3, 0.4) is 0 Å². The van der Waals surface area contributed by atoms with Crippen molar-refractivity contribution in [3.8, 4) is 0 Å². The Morgan fingerprint density at radius 2 is 1.00 bits per heavy atom. The monoisotopic (exact) mass is 266 g/mol. The number of hydrogen-bond donors (Lipinski definition) is 0. The maximum atomic E-state index is 2.33. The van der Waals surface area contributed by atoms with Crippen molar-refractivity contribution in [2.75, 3.05) is 0 Å². The third-order valence-electron chi connectivity index (χ3n) is 4.94. The van der Waals surface area contributed by atoms with Crippen LogP contribution in [-0.2, 0) is 0 Å². The summed E-state index contributed by atoms with van der Waals surface area (Å²) in [6.07, 6.45) is 25.4. The summed E-state index contributed by atoms with van der Waals surface area (Å²) in [7, 11) is 0. The fraction of sp³-hybridized carbons (Fsp3) is 1.00. The van der Waals surface area contributed by atoms with Crippen LogP contribution in [0.5, 0.6) is 0 Å². The molecule has 1 aliphatic carbocycles. The van der Waals surface area contributed by atoms with E-state index in [0.29, 0.717) is 0 Å². The quantitative estimate of drug-likeness (QED) is 0.469. The van der Waals surface area contributed by atoms with Crippen molar-refractivity contribution in [3.05, 3.63) is 0 Å². The first-order chi connectivity index (χ1) is 9.43. The van der Waals surface area contributed by atoms with Crippen LogP contribution in [0.25, 0.3) is 0 Å². The Hall–Kier alpha value is 0. The summed E-state index contributed by atoms with van der Waals surface area (Å²) in [5.41, 5.74) is 0. The minimum Gasteiger partial charge on any atom is -0.0654 e. The molecule has 0 nitrogen and oxygen atoms in total.